The molecular weight excluding hydrogens is 298 g/mol. The van der Waals surface area contributed by atoms with Crippen LogP contribution >= 0.6 is 46.4 Å². The Morgan fingerprint density at radius 1 is 0.706 bits per heavy atom. The molecule has 4 heteroatoms. The maximum Gasteiger partial charge on any atom is 0.0778 e. The Labute approximate surface area is 120 Å². The van der Waals surface area contributed by atoms with Crippen LogP contribution < -0.4 is 0 Å². The maximum absolute atomic E-state index is 6.00. The van der Waals surface area contributed by atoms with Crippen LogP contribution in [-0.2, 0) is 0 Å². The molecule has 0 saturated carbocycles. The van der Waals surface area contributed by atoms with Crippen LogP contribution in [0.1, 0.15) is 5.56 Å². The highest BCUT2D eigenvalue weighted by Gasteiger charge is 2.08. The van der Waals surface area contributed by atoms with Crippen molar-refractivity contribution >= 4 is 46.4 Å². The molecule has 0 radical (unpaired) electrons. The summed E-state index contributed by atoms with van der Waals surface area (Å²) in [6.07, 6.45) is 0. The molecule has 0 saturated heterocycles. The van der Waals surface area contributed by atoms with E-state index in [1.165, 1.54) is 0 Å². The molecule has 0 amide bonds. The summed E-state index contributed by atoms with van der Waals surface area (Å²) in [5.41, 5.74) is 2.93. The smallest absolute Gasteiger partial charge is 0.0778 e. The van der Waals surface area contributed by atoms with Crippen molar-refractivity contribution in [2.45, 2.75) is 6.92 Å². The standard InChI is InChI=1S/C13H8Cl4/c1-7-4-8(2-3-10(7)14)9-5-11(15)13(17)12(16)6-9/h2-6H,1H3. The maximum atomic E-state index is 6.00. The third kappa shape index (κ3) is 2.71. The number of aryl methyl sites for hydroxylation is 1. The summed E-state index contributed by atoms with van der Waals surface area (Å²) in [7, 11) is 0. The van der Waals surface area contributed by atoms with E-state index in [0.717, 1.165) is 21.7 Å². The van der Waals surface area contributed by atoms with Crippen LogP contribution in [0.2, 0.25) is 20.1 Å². The lowest BCUT2D eigenvalue weighted by Crippen LogP contribution is -1.82. The second-order valence-corrected chi connectivity index (χ2v) is 5.32. The quantitative estimate of drug-likeness (QED) is 0.544. The van der Waals surface area contributed by atoms with Gasteiger partial charge in [0.1, 0.15) is 0 Å². The Kier molecular flexibility index (Phi) is 3.89. The lowest BCUT2D eigenvalue weighted by molar-refractivity contribution is 1.46. The van der Waals surface area contributed by atoms with Gasteiger partial charge in [0.15, 0.2) is 0 Å². The van der Waals surface area contributed by atoms with E-state index in [1.807, 2.05) is 25.1 Å². The fraction of sp³-hybridized carbons (Fsp3) is 0.0769. The fourth-order valence-corrected chi connectivity index (χ4v) is 2.26. The first-order valence-electron chi connectivity index (χ1n) is 4.90. The van der Waals surface area contributed by atoms with Gasteiger partial charge < -0.3 is 0 Å². The summed E-state index contributed by atoms with van der Waals surface area (Å²) < 4.78 is 0. The van der Waals surface area contributed by atoms with Crippen LogP contribution in [0.15, 0.2) is 30.3 Å². The largest absolute Gasteiger partial charge is 0.0841 e. The fourth-order valence-electron chi connectivity index (χ4n) is 1.55. The van der Waals surface area contributed by atoms with Gasteiger partial charge in [0.25, 0.3) is 0 Å². The predicted molar refractivity (Wildman–Crippen MR) is 76.7 cm³/mol. The second kappa shape index (κ2) is 5.07. The molecule has 0 spiro atoms. The van der Waals surface area contributed by atoms with Gasteiger partial charge in [0.05, 0.1) is 15.1 Å². The van der Waals surface area contributed by atoms with Crippen molar-refractivity contribution in [1.29, 1.82) is 0 Å². The summed E-state index contributed by atoms with van der Waals surface area (Å²) >= 11 is 23.9. The highest BCUT2D eigenvalue weighted by atomic mass is 35.5. The summed E-state index contributed by atoms with van der Waals surface area (Å²) in [5.74, 6) is 0. The van der Waals surface area contributed by atoms with Crippen molar-refractivity contribution in [1.82, 2.24) is 0 Å². The Bertz CT molecular complexity index is 553. The molecule has 0 bridgehead atoms. The van der Waals surface area contributed by atoms with E-state index in [1.54, 1.807) is 12.1 Å². The first-order valence-corrected chi connectivity index (χ1v) is 6.41. The van der Waals surface area contributed by atoms with Gasteiger partial charge in [-0.25, -0.2) is 0 Å². The van der Waals surface area contributed by atoms with Crippen LogP contribution in [0.4, 0.5) is 0 Å². The van der Waals surface area contributed by atoms with Gasteiger partial charge in [-0.15, -0.1) is 0 Å². The molecule has 0 aromatic heterocycles. The molecule has 2 rings (SSSR count). The van der Waals surface area contributed by atoms with Gasteiger partial charge in [-0.3, -0.25) is 0 Å². The Morgan fingerprint density at radius 3 is 1.82 bits per heavy atom. The van der Waals surface area contributed by atoms with E-state index in [9.17, 15) is 0 Å². The van der Waals surface area contributed by atoms with Gasteiger partial charge in [0, 0.05) is 5.02 Å². The molecule has 2 aromatic rings. The van der Waals surface area contributed by atoms with Crippen molar-refractivity contribution in [2.75, 3.05) is 0 Å². The van der Waals surface area contributed by atoms with Crippen molar-refractivity contribution in [2.24, 2.45) is 0 Å². The first-order chi connectivity index (χ1) is 7.99. The highest BCUT2D eigenvalue weighted by Crippen LogP contribution is 2.35. The lowest BCUT2D eigenvalue weighted by Gasteiger charge is -2.07. The van der Waals surface area contributed by atoms with Crippen LogP contribution in [0.25, 0.3) is 11.1 Å². The third-order valence-electron chi connectivity index (χ3n) is 2.48. The number of rotatable bonds is 1. The number of halogens is 4. The van der Waals surface area contributed by atoms with E-state index in [2.05, 4.69) is 0 Å². The molecular formula is C13H8Cl4. The third-order valence-corrected chi connectivity index (χ3v) is 4.10. The predicted octanol–water partition coefficient (Wildman–Crippen LogP) is 6.28. The van der Waals surface area contributed by atoms with Crippen molar-refractivity contribution < 1.29 is 0 Å². The minimum Gasteiger partial charge on any atom is -0.0841 e. The van der Waals surface area contributed by atoms with E-state index < -0.39 is 0 Å². The summed E-state index contributed by atoms with van der Waals surface area (Å²) in [4.78, 5) is 0. The minimum atomic E-state index is 0.378. The molecule has 88 valence electrons. The molecule has 0 unspecified atom stereocenters. The van der Waals surface area contributed by atoms with E-state index in [0.29, 0.717) is 15.1 Å². The second-order valence-electron chi connectivity index (χ2n) is 3.72. The molecule has 2 aromatic carbocycles. The normalized spacial score (nSPS) is 10.6. The zero-order valence-corrected chi connectivity index (χ0v) is 11.9. The molecule has 0 fully saturated rings. The molecule has 0 aliphatic heterocycles. The SMILES string of the molecule is Cc1cc(-c2cc(Cl)c(Cl)c(Cl)c2)ccc1Cl. The van der Waals surface area contributed by atoms with Crippen molar-refractivity contribution in [3.63, 3.8) is 0 Å². The molecule has 17 heavy (non-hydrogen) atoms. The zero-order valence-electron chi connectivity index (χ0n) is 8.90. The minimum absolute atomic E-state index is 0.378. The lowest BCUT2D eigenvalue weighted by atomic mass is 10.0. The van der Waals surface area contributed by atoms with Gasteiger partial charge in [-0.1, -0.05) is 52.5 Å². The average Bonchev–Trinajstić information content (AvgIpc) is 2.29. The topological polar surface area (TPSA) is 0 Å². The van der Waals surface area contributed by atoms with Gasteiger partial charge >= 0.3 is 0 Å². The highest BCUT2D eigenvalue weighted by molar-refractivity contribution is 6.48. The van der Waals surface area contributed by atoms with Crippen LogP contribution in [0, 0.1) is 6.92 Å². The molecule has 0 aliphatic carbocycles. The van der Waals surface area contributed by atoms with Crippen LogP contribution in [0.5, 0.6) is 0 Å². The summed E-state index contributed by atoms with van der Waals surface area (Å²) in [6.45, 7) is 1.95. The van der Waals surface area contributed by atoms with Crippen LogP contribution in [-0.4, -0.2) is 0 Å². The monoisotopic (exact) mass is 304 g/mol. The molecule has 0 nitrogen and oxygen atoms in total. The average molecular weight is 306 g/mol. The Morgan fingerprint density at radius 2 is 1.29 bits per heavy atom. The van der Waals surface area contributed by atoms with Crippen molar-refractivity contribution in [3.8, 4) is 11.1 Å². The van der Waals surface area contributed by atoms with Gasteiger partial charge in [-0.05, 0) is 47.9 Å². The first kappa shape index (κ1) is 13.0. The zero-order chi connectivity index (χ0) is 12.6. The molecule has 0 aliphatic rings. The number of benzene rings is 2. The number of hydrogen-bond acceptors (Lipinski definition) is 0. The van der Waals surface area contributed by atoms with E-state index in [-0.39, 0.29) is 0 Å². The number of hydrogen-bond donors (Lipinski definition) is 0. The van der Waals surface area contributed by atoms with Crippen LogP contribution in [0.3, 0.4) is 0 Å². The van der Waals surface area contributed by atoms with Gasteiger partial charge in [-0.2, -0.15) is 0 Å². The Hall–Kier alpha value is -0.400. The summed E-state index contributed by atoms with van der Waals surface area (Å²) in [6, 6.07) is 9.34. The Balaban J connectivity index is 2.57. The molecule has 0 N–H and O–H groups in total. The van der Waals surface area contributed by atoms with Crippen molar-refractivity contribution in [3.05, 3.63) is 56.0 Å². The molecule has 0 heterocycles. The molecule has 0 atom stereocenters. The van der Waals surface area contributed by atoms with Gasteiger partial charge in [0.2, 0.25) is 0 Å². The van der Waals surface area contributed by atoms with E-state index in [4.69, 9.17) is 46.4 Å². The van der Waals surface area contributed by atoms with E-state index >= 15 is 0 Å². The summed E-state index contributed by atoms with van der Waals surface area (Å²) in [5, 5.41) is 2.01.